The zero-order chi connectivity index (χ0) is 13.1. The number of carbonyl (C=O) groups is 1. The van der Waals surface area contributed by atoms with E-state index in [0.29, 0.717) is 5.56 Å². The van der Waals surface area contributed by atoms with Gasteiger partial charge in [-0.05, 0) is 19.9 Å². The van der Waals surface area contributed by atoms with Crippen molar-refractivity contribution in [2.24, 2.45) is 5.73 Å². The summed E-state index contributed by atoms with van der Waals surface area (Å²) < 4.78 is 0. The fourth-order valence-electron chi connectivity index (χ4n) is 2.40. The number of aromatic hydroxyl groups is 1. The molecule has 0 aliphatic heterocycles. The summed E-state index contributed by atoms with van der Waals surface area (Å²) in [5, 5.41) is 15.5. The lowest BCUT2D eigenvalue weighted by Crippen LogP contribution is -2.34. The molecule has 1 aliphatic carbocycles. The van der Waals surface area contributed by atoms with Crippen molar-refractivity contribution in [1.82, 2.24) is 15.6 Å². The van der Waals surface area contributed by atoms with Crippen LogP contribution in [0.2, 0.25) is 0 Å². The Labute approximate surface area is 106 Å². The van der Waals surface area contributed by atoms with Crippen LogP contribution in [-0.2, 0) is 17.8 Å². The molecule has 0 saturated heterocycles. The number of hydrogen-bond donors (Lipinski definition) is 4. The molecule has 0 bridgehead atoms. The van der Waals surface area contributed by atoms with Gasteiger partial charge in [-0.15, -0.1) is 0 Å². The number of aryl methyl sites for hydroxylation is 1. The number of likely N-dealkylation sites (N-methyl/N-ethyl adjacent to an activating group) is 1. The van der Waals surface area contributed by atoms with E-state index in [4.69, 9.17) is 5.73 Å². The molecule has 6 heteroatoms. The Morgan fingerprint density at radius 2 is 2.44 bits per heavy atom. The monoisotopic (exact) mass is 250 g/mol. The molecule has 2 rings (SSSR count). The van der Waals surface area contributed by atoms with Crippen molar-refractivity contribution >= 4 is 5.91 Å². The van der Waals surface area contributed by atoms with Gasteiger partial charge < -0.3 is 21.5 Å². The minimum Gasteiger partial charge on any atom is -0.506 e. The SMILES string of the molecule is CNCC(=O)N[C@@H]1CCc2ncc(O)c(CN)c21. The lowest BCUT2D eigenvalue weighted by atomic mass is 10.0. The molecular weight excluding hydrogens is 232 g/mol. The summed E-state index contributed by atoms with van der Waals surface area (Å²) in [5.74, 6) is 0.0349. The summed E-state index contributed by atoms with van der Waals surface area (Å²) >= 11 is 0. The first-order valence-corrected chi connectivity index (χ1v) is 6.01. The lowest BCUT2D eigenvalue weighted by molar-refractivity contribution is -0.120. The van der Waals surface area contributed by atoms with Gasteiger partial charge in [0.2, 0.25) is 5.91 Å². The number of amides is 1. The first-order chi connectivity index (χ1) is 8.67. The second-order valence-electron chi connectivity index (χ2n) is 4.38. The van der Waals surface area contributed by atoms with E-state index in [1.54, 1.807) is 7.05 Å². The van der Waals surface area contributed by atoms with E-state index in [1.165, 1.54) is 6.20 Å². The van der Waals surface area contributed by atoms with Gasteiger partial charge in [-0.1, -0.05) is 0 Å². The number of pyridine rings is 1. The second kappa shape index (κ2) is 5.32. The maximum absolute atomic E-state index is 11.6. The van der Waals surface area contributed by atoms with Gasteiger partial charge in [0.25, 0.3) is 0 Å². The molecular formula is C12H18N4O2. The topological polar surface area (TPSA) is 100 Å². The van der Waals surface area contributed by atoms with Gasteiger partial charge >= 0.3 is 0 Å². The molecule has 5 N–H and O–H groups in total. The third-order valence-corrected chi connectivity index (χ3v) is 3.18. The van der Waals surface area contributed by atoms with E-state index < -0.39 is 0 Å². The van der Waals surface area contributed by atoms with Gasteiger partial charge in [0.05, 0.1) is 18.8 Å². The highest BCUT2D eigenvalue weighted by molar-refractivity contribution is 5.78. The maximum atomic E-state index is 11.6. The van der Waals surface area contributed by atoms with Crippen LogP contribution < -0.4 is 16.4 Å². The van der Waals surface area contributed by atoms with E-state index in [9.17, 15) is 9.90 Å². The molecule has 1 heterocycles. The Balaban J connectivity index is 2.26. The van der Waals surface area contributed by atoms with Crippen LogP contribution in [0.4, 0.5) is 0 Å². The molecule has 98 valence electrons. The summed E-state index contributed by atoms with van der Waals surface area (Å²) in [7, 11) is 1.72. The summed E-state index contributed by atoms with van der Waals surface area (Å²) in [5.41, 5.74) is 8.16. The number of nitrogens with one attached hydrogen (secondary N) is 2. The van der Waals surface area contributed by atoms with Crippen LogP contribution in [0.1, 0.15) is 29.3 Å². The number of rotatable bonds is 4. The third kappa shape index (κ3) is 2.30. The molecule has 0 saturated carbocycles. The Morgan fingerprint density at radius 1 is 1.67 bits per heavy atom. The fourth-order valence-corrected chi connectivity index (χ4v) is 2.40. The number of carbonyl (C=O) groups excluding carboxylic acids is 1. The Kier molecular flexibility index (Phi) is 3.78. The zero-order valence-electron chi connectivity index (χ0n) is 10.4. The first kappa shape index (κ1) is 12.8. The summed E-state index contributed by atoms with van der Waals surface area (Å²) in [4.78, 5) is 15.8. The normalized spacial score (nSPS) is 17.6. The van der Waals surface area contributed by atoms with Crippen LogP contribution in [0.25, 0.3) is 0 Å². The third-order valence-electron chi connectivity index (χ3n) is 3.18. The predicted molar refractivity (Wildman–Crippen MR) is 66.9 cm³/mol. The molecule has 0 aromatic carbocycles. The number of fused-ring (bicyclic) bond motifs is 1. The summed E-state index contributed by atoms with van der Waals surface area (Å²) in [6.07, 6.45) is 3.03. The summed E-state index contributed by atoms with van der Waals surface area (Å²) in [6.45, 7) is 0.519. The molecule has 0 unspecified atom stereocenters. The number of hydrogen-bond acceptors (Lipinski definition) is 5. The predicted octanol–water partition coefficient (Wildman–Crippen LogP) is -0.431. The van der Waals surface area contributed by atoms with Crippen LogP contribution >= 0.6 is 0 Å². The van der Waals surface area contributed by atoms with Crippen LogP contribution in [0.5, 0.6) is 5.75 Å². The van der Waals surface area contributed by atoms with E-state index in [-0.39, 0.29) is 30.8 Å². The van der Waals surface area contributed by atoms with Gasteiger partial charge in [-0.2, -0.15) is 0 Å². The van der Waals surface area contributed by atoms with Gasteiger partial charge in [-0.3, -0.25) is 9.78 Å². The Bertz CT molecular complexity index is 462. The van der Waals surface area contributed by atoms with E-state index >= 15 is 0 Å². The first-order valence-electron chi connectivity index (χ1n) is 6.01. The van der Waals surface area contributed by atoms with Gasteiger partial charge in [0.15, 0.2) is 0 Å². The van der Waals surface area contributed by atoms with Crippen molar-refractivity contribution in [3.8, 4) is 5.75 Å². The van der Waals surface area contributed by atoms with Crippen molar-refractivity contribution in [2.75, 3.05) is 13.6 Å². The Hall–Kier alpha value is -1.66. The molecule has 1 amide bonds. The number of nitrogens with two attached hydrogens (primary N) is 1. The van der Waals surface area contributed by atoms with Crippen molar-refractivity contribution in [3.63, 3.8) is 0 Å². The van der Waals surface area contributed by atoms with E-state index in [2.05, 4.69) is 15.6 Å². The molecule has 1 aliphatic rings. The number of aromatic nitrogens is 1. The van der Waals surface area contributed by atoms with Crippen LogP contribution in [0, 0.1) is 0 Å². The van der Waals surface area contributed by atoms with Crippen molar-refractivity contribution in [1.29, 1.82) is 0 Å². The fraction of sp³-hybridized carbons (Fsp3) is 0.500. The average molecular weight is 250 g/mol. The lowest BCUT2D eigenvalue weighted by Gasteiger charge is -2.17. The summed E-state index contributed by atoms with van der Waals surface area (Å²) in [6, 6.07) is -0.0981. The van der Waals surface area contributed by atoms with Crippen molar-refractivity contribution < 1.29 is 9.90 Å². The van der Waals surface area contributed by atoms with Gasteiger partial charge in [0.1, 0.15) is 5.75 Å². The average Bonchev–Trinajstić information content (AvgIpc) is 2.73. The van der Waals surface area contributed by atoms with E-state index in [0.717, 1.165) is 24.1 Å². The standard InChI is InChI=1S/C12H18N4O2/c1-14-6-11(18)16-9-3-2-8-12(9)7(4-13)10(17)5-15-8/h5,9,14,17H,2-4,6,13H2,1H3,(H,16,18)/t9-/m1/s1. The molecule has 0 radical (unpaired) electrons. The van der Waals surface area contributed by atoms with Gasteiger partial charge in [0, 0.05) is 23.4 Å². The Morgan fingerprint density at radius 3 is 3.11 bits per heavy atom. The molecule has 0 spiro atoms. The molecule has 0 fully saturated rings. The quantitative estimate of drug-likeness (QED) is 0.581. The number of nitrogens with zero attached hydrogens (tertiary/aromatic N) is 1. The minimum absolute atomic E-state index is 0.0679. The highest BCUT2D eigenvalue weighted by Gasteiger charge is 2.28. The molecule has 1 atom stereocenters. The zero-order valence-corrected chi connectivity index (χ0v) is 10.4. The molecule has 6 nitrogen and oxygen atoms in total. The van der Waals surface area contributed by atoms with E-state index in [1.807, 2.05) is 0 Å². The maximum Gasteiger partial charge on any atom is 0.234 e. The highest BCUT2D eigenvalue weighted by atomic mass is 16.3. The smallest absolute Gasteiger partial charge is 0.234 e. The highest BCUT2D eigenvalue weighted by Crippen LogP contribution is 2.35. The van der Waals surface area contributed by atoms with Crippen molar-refractivity contribution in [3.05, 3.63) is 23.0 Å². The molecule has 1 aromatic heterocycles. The largest absolute Gasteiger partial charge is 0.506 e. The van der Waals surface area contributed by atoms with Crippen LogP contribution in [0.3, 0.4) is 0 Å². The van der Waals surface area contributed by atoms with Crippen LogP contribution in [0.15, 0.2) is 6.20 Å². The second-order valence-corrected chi connectivity index (χ2v) is 4.38. The van der Waals surface area contributed by atoms with Gasteiger partial charge in [-0.25, -0.2) is 0 Å². The molecule has 18 heavy (non-hydrogen) atoms. The van der Waals surface area contributed by atoms with Crippen molar-refractivity contribution in [2.45, 2.75) is 25.4 Å². The molecule has 1 aromatic rings. The minimum atomic E-state index is -0.0981. The van der Waals surface area contributed by atoms with Crippen LogP contribution in [-0.4, -0.2) is 29.6 Å².